The number of ketones is 1. The predicted molar refractivity (Wildman–Crippen MR) is 142 cm³/mol. The zero-order chi connectivity index (χ0) is 28.9. The third-order valence-electron chi connectivity index (χ3n) is 5.95. The van der Waals surface area contributed by atoms with Crippen LogP contribution in [0.15, 0.2) is 78.4 Å². The molecule has 3 N–H and O–H groups in total. The zero-order valence-corrected chi connectivity index (χ0v) is 21.6. The lowest BCUT2D eigenvalue weighted by molar-refractivity contribution is -0.137. The highest BCUT2D eigenvalue weighted by Gasteiger charge is 2.32. The highest BCUT2D eigenvalue weighted by molar-refractivity contribution is 6.07. The number of carbonyl (C=O) groups is 3. The monoisotopic (exact) mass is 553 g/mol. The molecule has 0 saturated heterocycles. The quantitative estimate of drug-likeness (QED) is 0.326. The van der Waals surface area contributed by atoms with E-state index in [0.29, 0.717) is 22.4 Å². The smallest absolute Gasteiger partial charge is 0.416 e. The van der Waals surface area contributed by atoms with Crippen molar-refractivity contribution >= 4 is 29.1 Å². The largest absolute Gasteiger partial charge is 0.490 e. The number of hydrogen-bond acceptors (Lipinski definition) is 5. The second kappa shape index (κ2) is 11.9. The fraction of sp³-hybridized carbons (Fsp3) is 0.207. The highest BCUT2D eigenvalue weighted by Crippen LogP contribution is 2.36. The van der Waals surface area contributed by atoms with Gasteiger partial charge >= 0.3 is 12.2 Å². The van der Waals surface area contributed by atoms with Crippen LogP contribution in [0.25, 0.3) is 5.70 Å². The van der Waals surface area contributed by atoms with E-state index in [1.165, 1.54) is 25.1 Å². The van der Waals surface area contributed by atoms with Gasteiger partial charge in [0.25, 0.3) is 5.91 Å². The van der Waals surface area contributed by atoms with Gasteiger partial charge in [-0.3, -0.25) is 9.59 Å². The Morgan fingerprint density at radius 1 is 0.950 bits per heavy atom. The van der Waals surface area contributed by atoms with Crippen LogP contribution in [0, 0.1) is 0 Å². The standard InChI is InChI=1S/C29H26F3N3O5/c1-3-39-23-14-19(27-25(17(2)36)26(34-28(38)35-27)18-8-5-4-6-9-18)12-13-22(23)40-16-24(37)33-21-11-7-10-20(15-21)29(30,31)32/h4-15,27H,3,16H2,1-2H3,(H,33,37)(H2,34,35,38)/t27-/m0/s1. The second-order valence-corrected chi connectivity index (χ2v) is 8.80. The first kappa shape index (κ1) is 28.2. The molecular weight excluding hydrogens is 527 g/mol. The van der Waals surface area contributed by atoms with Gasteiger partial charge in [0, 0.05) is 11.3 Å². The van der Waals surface area contributed by atoms with E-state index in [4.69, 9.17) is 9.47 Å². The first-order valence-corrected chi connectivity index (χ1v) is 12.3. The number of carbonyl (C=O) groups excluding carboxylic acids is 3. The Kier molecular flexibility index (Phi) is 8.42. The molecule has 0 bridgehead atoms. The summed E-state index contributed by atoms with van der Waals surface area (Å²) in [7, 11) is 0. The zero-order valence-electron chi connectivity index (χ0n) is 21.6. The average molecular weight is 554 g/mol. The van der Waals surface area contributed by atoms with E-state index in [2.05, 4.69) is 16.0 Å². The summed E-state index contributed by atoms with van der Waals surface area (Å²) in [4.78, 5) is 37.7. The van der Waals surface area contributed by atoms with Crippen LogP contribution in [0.3, 0.4) is 0 Å². The topological polar surface area (TPSA) is 106 Å². The van der Waals surface area contributed by atoms with Crippen LogP contribution in [0.5, 0.6) is 11.5 Å². The molecule has 3 aromatic rings. The van der Waals surface area contributed by atoms with Crippen molar-refractivity contribution in [2.45, 2.75) is 26.1 Å². The summed E-state index contributed by atoms with van der Waals surface area (Å²) < 4.78 is 50.2. The van der Waals surface area contributed by atoms with Gasteiger partial charge in [0.1, 0.15) is 0 Å². The first-order chi connectivity index (χ1) is 19.1. The maximum absolute atomic E-state index is 13.0. The van der Waals surface area contributed by atoms with E-state index >= 15 is 0 Å². The lowest BCUT2D eigenvalue weighted by atomic mass is 9.90. The normalized spacial score (nSPS) is 15.1. The number of halogens is 3. The molecular formula is C29H26F3N3O5. The Morgan fingerprint density at radius 2 is 1.70 bits per heavy atom. The van der Waals surface area contributed by atoms with E-state index in [-0.39, 0.29) is 29.6 Å². The number of rotatable bonds is 9. The van der Waals surface area contributed by atoms with Crippen molar-refractivity contribution in [1.82, 2.24) is 10.6 Å². The van der Waals surface area contributed by atoms with Crippen molar-refractivity contribution in [2.75, 3.05) is 18.5 Å². The van der Waals surface area contributed by atoms with Crippen LogP contribution in [0.4, 0.5) is 23.7 Å². The number of amides is 3. The van der Waals surface area contributed by atoms with Crippen LogP contribution in [-0.4, -0.2) is 30.9 Å². The molecule has 1 aliphatic rings. The summed E-state index contributed by atoms with van der Waals surface area (Å²) in [5.41, 5.74) is 1.04. The third-order valence-corrected chi connectivity index (χ3v) is 5.95. The maximum Gasteiger partial charge on any atom is 0.416 e. The summed E-state index contributed by atoms with van der Waals surface area (Å²) >= 11 is 0. The molecule has 0 fully saturated rings. The lowest BCUT2D eigenvalue weighted by Gasteiger charge is -2.30. The molecule has 3 aromatic carbocycles. The minimum atomic E-state index is -4.54. The number of ether oxygens (including phenoxy) is 2. The molecule has 4 rings (SSSR count). The van der Waals surface area contributed by atoms with E-state index in [1.807, 2.05) is 6.07 Å². The van der Waals surface area contributed by atoms with Crippen LogP contribution in [0.1, 0.15) is 36.6 Å². The average Bonchev–Trinajstić information content (AvgIpc) is 2.92. The molecule has 3 amide bonds. The number of alkyl halides is 3. The molecule has 1 aliphatic heterocycles. The third kappa shape index (κ3) is 6.60. The lowest BCUT2D eigenvalue weighted by Crippen LogP contribution is -2.44. The van der Waals surface area contributed by atoms with Crippen molar-refractivity contribution in [1.29, 1.82) is 0 Å². The molecule has 0 radical (unpaired) electrons. The molecule has 0 saturated carbocycles. The number of urea groups is 1. The van der Waals surface area contributed by atoms with Crippen molar-refractivity contribution < 1.29 is 37.0 Å². The van der Waals surface area contributed by atoms with Gasteiger partial charge in [0.05, 0.1) is 23.9 Å². The molecule has 11 heteroatoms. The molecule has 0 unspecified atom stereocenters. The molecule has 208 valence electrons. The molecule has 8 nitrogen and oxygen atoms in total. The second-order valence-electron chi connectivity index (χ2n) is 8.80. The number of nitrogens with one attached hydrogen (secondary N) is 3. The number of benzene rings is 3. The van der Waals surface area contributed by atoms with Crippen molar-refractivity contribution in [2.24, 2.45) is 0 Å². The fourth-order valence-corrected chi connectivity index (χ4v) is 4.23. The first-order valence-electron chi connectivity index (χ1n) is 12.3. The summed E-state index contributed by atoms with van der Waals surface area (Å²) in [6, 6.07) is 16.7. The fourth-order valence-electron chi connectivity index (χ4n) is 4.23. The molecule has 0 spiro atoms. The maximum atomic E-state index is 13.0. The SMILES string of the molecule is CCOc1cc([C@@H]2NC(=O)NC(c3ccccc3)=C2C(C)=O)ccc1OCC(=O)Nc1cccc(C(F)(F)F)c1. The minimum Gasteiger partial charge on any atom is -0.490 e. The van der Waals surface area contributed by atoms with Crippen molar-refractivity contribution in [3.8, 4) is 11.5 Å². The summed E-state index contributed by atoms with van der Waals surface area (Å²) in [5, 5.41) is 7.88. The van der Waals surface area contributed by atoms with E-state index in [1.54, 1.807) is 43.3 Å². The number of Topliss-reactive ketones (excluding diaryl/α,β-unsaturated/α-hetero) is 1. The van der Waals surface area contributed by atoms with Gasteiger partial charge in [-0.25, -0.2) is 4.79 Å². The molecule has 1 atom stereocenters. The van der Waals surface area contributed by atoms with Crippen LogP contribution in [0.2, 0.25) is 0 Å². The van der Waals surface area contributed by atoms with Gasteiger partial charge < -0.3 is 25.4 Å². The number of anilines is 1. The Labute approximate surface area is 228 Å². The summed E-state index contributed by atoms with van der Waals surface area (Å²) in [6.45, 7) is 2.90. The van der Waals surface area contributed by atoms with Gasteiger partial charge in [-0.05, 0) is 55.3 Å². The van der Waals surface area contributed by atoms with Crippen LogP contribution < -0.4 is 25.4 Å². The number of hydrogen-bond donors (Lipinski definition) is 3. The molecule has 0 aliphatic carbocycles. The molecule has 40 heavy (non-hydrogen) atoms. The van der Waals surface area contributed by atoms with Crippen LogP contribution in [-0.2, 0) is 15.8 Å². The van der Waals surface area contributed by atoms with Gasteiger partial charge in [0.15, 0.2) is 23.9 Å². The van der Waals surface area contributed by atoms with E-state index < -0.39 is 36.3 Å². The van der Waals surface area contributed by atoms with E-state index in [0.717, 1.165) is 12.1 Å². The molecule has 0 aromatic heterocycles. The van der Waals surface area contributed by atoms with Gasteiger partial charge in [-0.2, -0.15) is 13.2 Å². The Balaban J connectivity index is 1.57. The van der Waals surface area contributed by atoms with Crippen LogP contribution >= 0.6 is 0 Å². The van der Waals surface area contributed by atoms with Crippen molar-refractivity contribution in [3.05, 3.63) is 95.1 Å². The summed E-state index contributed by atoms with van der Waals surface area (Å²) in [5.74, 6) is -0.475. The predicted octanol–water partition coefficient (Wildman–Crippen LogP) is 5.48. The van der Waals surface area contributed by atoms with Crippen molar-refractivity contribution in [3.63, 3.8) is 0 Å². The minimum absolute atomic E-state index is 0.0248. The van der Waals surface area contributed by atoms with Gasteiger partial charge in [-0.15, -0.1) is 0 Å². The van der Waals surface area contributed by atoms with Gasteiger partial charge in [-0.1, -0.05) is 42.5 Å². The van der Waals surface area contributed by atoms with Gasteiger partial charge in [0.2, 0.25) is 0 Å². The Hall–Kier alpha value is -4.80. The Bertz CT molecular complexity index is 1450. The molecule has 1 heterocycles. The van der Waals surface area contributed by atoms with E-state index in [9.17, 15) is 27.6 Å². The summed E-state index contributed by atoms with van der Waals surface area (Å²) in [6.07, 6.45) is -4.54. The highest BCUT2D eigenvalue weighted by atomic mass is 19.4. The Morgan fingerprint density at radius 3 is 2.38 bits per heavy atom.